The number of aromatic amines is 2. The normalized spacial score (nSPS) is 11.8. The van der Waals surface area contributed by atoms with Crippen LogP contribution in [0.3, 0.4) is 0 Å². The van der Waals surface area contributed by atoms with Gasteiger partial charge in [-0.2, -0.15) is 0 Å². The lowest BCUT2D eigenvalue weighted by molar-refractivity contribution is 1.19. The molecule has 13 rings (SSSR count). The minimum absolute atomic E-state index is 0.511. The fourth-order valence-electron chi connectivity index (χ4n) is 8.65. The molecule has 0 atom stereocenters. The first-order chi connectivity index (χ1) is 31.7. The summed E-state index contributed by atoms with van der Waals surface area (Å²) in [6.07, 6.45) is 14.5. The summed E-state index contributed by atoms with van der Waals surface area (Å²) in [5.74, 6) is 2.05. The second kappa shape index (κ2) is 14.2. The number of hydrogen-bond acceptors (Lipinski definition) is 10. The molecule has 12 nitrogen and oxygen atoms in total. The summed E-state index contributed by atoms with van der Waals surface area (Å²) in [6, 6.07) is 40.9. The maximum atomic E-state index is 5.31. The number of nitrogens with zero attached hydrogens (tertiary/aromatic N) is 10. The first kappa shape index (κ1) is 35.6. The Kier molecular flexibility index (Phi) is 7.90. The summed E-state index contributed by atoms with van der Waals surface area (Å²) in [5, 5.41) is 3.48. The van der Waals surface area contributed by atoms with E-state index in [0.29, 0.717) is 45.9 Å². The summed E-state index contributed by atoms with van der Waals surface area (Å²) < 4.78 is 0. The van der Waals surface area contributed by atoms with Gasteiger partial charge in [0.05, 0.1) is 0 Å². The SMILES string of the molecule is c1cncc(-c2ccc3c(c2)-c2nc-3nc3[nH]c(nc4nc(nc5[nH]c(n2)c2ccc(-c6cccnc6)cc52)-c2ccc(-c5cccnc5)cc2-4)c2ccc(-c4cccnc4)cc32)c1. The van der Waals surface area contributed by atoms with Gasteiger partial charge in [0.2, 0.25) is 0 Å². The topological polar surface area (TPSA) is 160 Å². The van der Waals surface area contributed by atoms with Crippen LogP contribution in [0.5, 0.6) is 0 Å². The lowest BCUT2D eigenvalue weighted by Gasteiger charge is -2.04. The number of benzene rings is 4. The number of pyridine rings is 4. The Morgan fingerprint density at radius 3 is 0.953 bits per heavy atom. The van der Waals surface area contributed by atoms with E-state index < -0.39 is 0 Å². The van der Waals surface area contributed by atoms with E-state index in [-0.39, 0.29) is 0 Å². The highest BCUT2D eigenvalue weighted by Gasteiger charge is 2.24. The van der Waals surface area contributed by atoms with Crippen molar-refractivity contribution < 1.29 is 0 Å². The number of hydrogen-bond donors (Lipinski definition) is 2. The van der Waals surface area contributed by atoms with Crippen molar-refractivity contribution in [2.24, 2.45) is 0 Å². The van der Waals surface area contributed by atoms with E-state index >= 15 is 0 Å². The molecule has 0 saturated carbocycles. The zero-order valence-corrected chi connectivity index (χ0v) is 33.6. The molecule has 0 spiro atoms. The van der Waals surface area contributed by atoms with Gasteiger partial charge >= 0.3 is 0 Å². The van der Waals surface area contributed by atoms with Gasteiger partial charge in [0.1, 0.15) is 22.6 Å². The van der Waals surface area contributed by atoms with Crippen molar-refractivity contribution in [3.63, 3.8) is 0 Å². The maximum absolute atomic E-state index is 5.31. The summed E-state index contributed by atoms with van der Waals surface area (Å²) >= 11 is 0. The van der Waals surface area contributed by atoms with Crippen LogP contribution in [0.25, 0.3) is 134 Å². The largest absolute Gasteiger partial charge is 0.324 e. The first-order valence-corrected chi connectivity index (χ1v) is 20.7. The fraction of sp³-hybridized carbons (Fsp3) is 0. The van der Waals surface area contributed by atoms with Gasteiger partial charge < -0.3 is 9.97 Å². The van der Waals surface area contributed by atoms with Crippen LogP contribution in [-0.4, -0.2) is 59.8 Å². The molecule has 0 saturated heterocycles. The van der Waals surface area contributed by atoms with Gasteiger partial charge in [0.25, 0.3) is 0 Å². The highest BCUT2D eigenvalue weighted by Crippen LogP contribution is 2.40. The molecule has 0 fully saturated rings. The number of aromatic nitrogens is 12. The molecule has 2 aliphatic heterocycles. The lowest BCUT2D eigenvalue weighted by atomic mass is 10.0. The number of fused-ring (bicyclic) bond motifs is 20. The van der Waals surface area contributed by atoms with Gasteiger partial charge in [-0.3, -0.25) is 19.9 Å². The molecule has 0 amide bonds. The quantitative estimate of drug-likeness (QED) is 0.175. The predicted octanol–water partition coefficient (Wildman–Crippen LogP) is 11.1. The van der Waals surface area contributed by atoms with E-state index in [0.717, 1.165) is 88.3 Å². The third-order valence-electron chi connectivity index (χ3n) is 11.8. The van der Waals surface area contributed by atoms with Gasteiger partial charge in [-0.1, -0.05) is 48.5 Å². The molecule has 4 aromatic carbocycles. The van der Waals surface area contributed by atoms with Crippen molar-refractivity contribution in [3.05, 3.63) is 171 Å². The highest BCUT2D eigenvalue weighted by molar-refractivity contribution is 6.08. The van der Waals surface area contributed by atoms with E-state index in [1.807, 2.05) is 73.3 Å². The number of nitrogens with one attached hydrogen (secondary N) is 2. The summed E-state index contributed by atoms with van der Waals surface area (Å²) in [5.41, 5.74) is 13.6. The van der Waals surface area contributed by atoms with Crippen LogP contribution in [0.1, 0.15) is 0 Å². The van der Waals surface area contributed by atoms with Crippen molar-refractivity contribution in [1.29, 1.82) is 0 Å². The van der Waals surface area contributed by atoms with Crippen LogP contribution < -0.4 is 0 Å². The molecular formula is C52H30N12. The minimum atomic E-state index is 0.511. The molecule has 0 unspecified atom stereocenters. The average molecular weight is 823 g/mol. The zero-order chi connectivity index (χ0) is 42.1. The van der Waals surface area contributed by atoms with E-state index in [1.54, 1.807) is 24.8 Å². The Morgan fingerprint density at radius 1 is 0.266 bits per heavy atom. The molecule has 7 aromatic heterocycles. The van der Waals surface area contributed by atoms with Crippen LogP contribution in [0, 0.1) is 0 Å². The van der Waals surface area contributed by atoms with Crippen LogP contribution in [0.2, 0.25) is 0 Å². The lowest BCUT2D eigenvalue weighted by Crippen LogP contribution is -1.86. The van der Waals surface area contributed by atoms with E-state index in [2.05, 4.69) is 103 Å². The third kappa shape index (κ3) is 5.92. The van der Waals surface area contributed by atoms with Crippen molar-refractivity contribution in [2.75, 3.05) is 0 Å². The Bertz CT molecular complexity index is 3580. The fourth-order valence-corrected chi connectivity index (χ4v) is 8.65. The Labute approximate surface area is 363 Å². The number of H-pyrrole nitrogens is 2. The third-order valence-corrected chi connectivity index (χ3v) is 11.8. The Morgan fingerprint density at radius 2 is 0.594 bits per heavy atom. The zero-order valence-electron chi connectivity index (χ0n) is 33.6. The molecule has 64 heavy (non-hydrogen) atoms. The van der Waals surface area contributed by atoms with E-state index in [4.69, 9.17) is 29.9 Å². The van der Waals surface area contributed by atoms with Crippen LogP contribution in [0.15, 0.2) is 171 Å². The monoisotopic (exact) mass is 822 g/mol. The molecule has 11 aromatic rings. The van der Waals surface area contributed by atoms with Crippen molar-refractivity contribution in [1.82, 2.24) is 59.8 Å². The van der Waals surface area contributed by atoms with Gasteiger partial charge in [-0.15, -0.1) is 0 Å². The Balaban J connectivity index is 1.15. The average Bonchev–Trinajstić information content (AvgIpc) is 4.10. The van der Waals surface area contributed by atoms with Crippen molar-refractivity contribution >= 4 is 44.1 Å². The molecular weight excluding hydrogens is 793 g/mol. The number of rotatable bonds is 4. The molecule has 2 N–H and O–H groups in total. The van der Waals surface area contributed by atoms with Crippen molar-refractivity contribution in [2.45, 2.75) is 0 Å². The second-order valence-corrected chi connectivity index (χ2v) is 15.6. The molecule has 2 aliphatic rings. The highest BCUT2D eigenvalue weighted by atomic mass is 15.1. The minimum Gasteiger partial charge on any atom is -0.324 e. The molecule has 298 valence electrons. The van der Waals surface area contributed by atoms with Gasteiger partial charge in [0, 0.05) is 116 Å². The van der Waals surface area contributed by atoms with Crippen molar-refractivity contribution in [3.8, 4) is 90.1 Å². The molecule has 8 bridgehead atoms. The summed E-state index contributed by atoms with van der Waals surface area (Å²) in [6.45, 7) is 0. The smallest absolute Gasteiger partial charge is 0.164 e. The summed E-state index contributed by atoms with van der Waals surface area (Å²) in [7, 11) is 0. The van der Waals surface area contributed by atoms with Crippen LogP contribution in [0.4, 0.5) is 0 Å². The van der Waals surface area contributed by atoms with Gasteiger partial charge in [-0.05, 0) is 95.1 Å². The van der Waals surface area contributed by atoms with Crippen LogP contribution in [-0.2, 0) is 0 Å². The predicted molar refractivity (Wildman–Crippen MR) is 249 cm³/mol. The van der Waals surface area contributed by atoms with Crippen LogP contribution >= 0.6 is 0 Å². The van der Waals surface area contributed by atoms with E-state index in [1.165, 1.54) is 0 Å². The molecule has 0 radical (unpaired) electrons. The summed E-state index contributed by atoms with van der Waals surface area (Å²) in [4.78, 5) is 56.4. The molecule has 12 heteroatoms. The second-order valence-electron chi connectivity index (χ2n) is 15.6. The molecule has 0 aliphatic carbocycles. The van der Waals surface area contributed by atoms with E-state index in [9.17, 15) is 0 Å². The standard InChI is InChI=1S/C52H30N12/c1-5-33(25-53-17-1)29-9-13-37-41(21-29)49-57-45(37)62-50-43-23-31(35-7-3-19-55-27-35)11-15-39(43)47(59-50)64-52-44-24-32(36-8-4-20-56-28-36)12-16-40(44)48(60-52)63-51-42-22-30(34-6-2-18-54-26-34)10-14-38(42)46(58-51)61-49/h1-28H,(H2,57,58,59,60,61,62,63,64). The van der Waals surface area contributed by atoms with Gasteiger partial charge in [-0.25, -0.2) is 29.9 Å². The first-order valence-electron chi connectivity index (χ1n) is 20.7. The van der Waals surface area contributed by atoms with Gasteiger partial charge in [0.15, 0.2) is 23.3 Å². The Hall–Kier alpha value is -9.16. The molecule has 9 heterocycles. The maximum Gasteiger partial charge on any atom is 0.164 e.